The van der Waals surface area contributed by atoms with Crippen LogP contribution in [0.2, 0.25) is 0 Å². The second-order valence-electron chi connectivity index (χ2n) is 6.16. The molecule has 110 valence electrons. The van der Waals surface area contributed by atoms with Crippen LogP contribution in [0.3, 0.4) is 0 Å². The predicted molar refractivity (Wildman–Crippen MR) is 75.4 cm³/mol. The second-order valence-corrected chi connectivity index (χ2v) is 6.16. The highest BCUT2D eigenvalue weighted by atomic mass is 16.4. The topological polar surface area (TPSA) is 55.8 Å². The summed E-state index contributed by atoms with van der Waals surface area (Å²) < 4.78 is 0. The lowest BCUT2D eigenvalue weighted by Crippen LogP contribution is -2.55. The third-order valence-corrected chi connectivity index (χ3v) is 4.72. The van der Waals surface area contributed by atoms with Crippen LogP contribution in [0.15, 0.2) is 0 Å². The molecule has 2 aliphatic heterocycles. The quantitative estimate of drug-likeness (QED) is 0.766. The van der Waals surface area contributed by atoms with Gasteiger partial charge in [-0.15, -0.1) is 0 Å². The molecule has 2 unspecified atom stereocenters. The number of carboxylic acids is 1. The molecule has 2 N–H and O–H groups in total. The molecule has 0 spiro atoms. The van der Waals surface area contributed by atoms with Crippen LogP contribution < -0.4 is 5.32 Å². The van der Waals surface area contributed by atoms with Crippen LogP contribution >= 0.6 is 0 Å². The van der Waals surface area contributed by atoms with Gasteiger partial charge in [-0.05, 0) is 52.9 Å². The largest absolute Gasteiger partial charge is 0.480 e. The summed E-state index contributed by atoms with van der Waals surface area (Å²) in [5, 5.41) is 12.3. The molecular formula is C14H27N3O2. The molecule has 2 rings (SSSR count). The average molecular weight is 269 g/mol. The van der Waals surface area contributed by atoms with Gasteiger partial charge in [0.2, 0.25) is 0 Å². The van der Waals surface area contributed by atoms with Gasteiger partial charge in [-0.3, -0.25) is 14.6 Å². The maximum atomic E-state index is 11.3. The maximum absolute atomic E-state index is 11.3. The van der Waals surface area contributed by atoms with Gasteiger partial charge in [0.05, 0.1) is 0 Å². The molecule has 2 saturated heterocycles. The molecule has 19 heavy (non-hydrogen) atoms. The minimum Gasteiger partial charge on any atom is -0.480 e. The van der Waals surface area contributed by atoms with E-state index in [2.05, 4.69) is 15.1 Å². The summed E-state index contributed by atoms with van der Waals surface area (Å²) in [7, 11) is 1.73. The van der Waals surface area contributed by atoms with E-state index in [4.69, 9.17) is 0 Å². The summed E-state index contributed by atoms with van der Waals surface area (Å²) >= 11 is 0. The summed E-state index contributed by atoms with van der Waals surface area (Å²) in [5.41, 5.74) is -0.837. The summed E-state index contributed by atoms with van der Waals surface area (Å²) in [4.78, 5) is 16.2. The average Bonchev–Trinajstić information content (AvgIpc) is 2.87. The highest BCUT2D eigenvalue weighted by Crippen LogP contribution is 2.21. The number of hydrogen-bond acceptors (Lipinski definition) is 4. The van der Waals surface area contributed by atoms with Gasteiger partial charge < -0.3 is 10.4 Å². The smallest absolute Gasteiger partial charge is 0.324 e. The van der Waals surface area contributed by atoms with E-state index >= 15 is 0 Å². The van der Waals surface area contributed by atoms with Crippen molar-refractivity contribution in [2.75, 3.05) is 39.8 Å². The van der Waals surface area contributed by atoms with Crippen molar-refractivity contribution in [1.29, 1.82) is 0 Å². The Hall–Kier alpha value is -0.650. The summed E-state index contributed by atoms with van der Waals surface area (Å²) in [6, 6.07) is 0.634. The van der Waals surface area contributed by atoms with Crippen molar-refractivity contribution in [2.24, 2.45) is 0 Å². The molecule has 0 aliphatic carbocycles. The number of carboxylic acid groups (broad SMARTS) is 1. The lowest BCUT2D eigenvalue weighted by Gasteiger charge is -2.33. The van der Waals surface area contributed by atoms with E-state index in [1.54, 1.807) is 14.0 Å². The molecule has 0 aromatic heterocycles. The van der Waals surface area contributed by atoms with Gasteiger partial charge in [-0.2, -0.15) is 0 Å². The number of rotatable bonds is 5. The lowest BCUT2D eigenvalue weighted by molar-refractivity contribution is -0.144. The number of piperidine rings is 1. The molecule has 0 bridgehead atoms. The molecule has 0 aromatic rings. The molecule has 5 heteroatoms. The second kappa shape index (κ2) is 6.20. The van der Waals surface area contributed by atoms with Gasteiger partial charge in [-0.25, -0.2) is 0 Å². The number of hydrogen-bond donors (Lipinski definition) is 2. The summed E-state index contributed by atoms with van der Waals surface area (Å²) in [5.74, 6) is -0.767. The monoisotopic (exact) mass is 269 g/mol. The Kier molecular flexibility index (Phi) is 4.81. The van der Waals surface area contributed by atoms with Crippen LogP contribution in [-0.2, 0) is 4.79 Å². The first-order valence-electron chi connectivity index (χ1n) is 7.44. The van der Waals surface area contributed by atoms with Crippen LogP contribution in [0.4, 0.5) is 0 Å². The summed E-state index contributed by atoms with van der Waals surface area (Å²) in [6.45, 7) is 6.84. The fourth-order valence-corrected chi connectivity index (χ4v) is 3.24. The van der Waals surface area contributed by atoms with Crippen molar-refractivity contribution in [3.05, 3.63) is 0 Å². The number of likely N-dealkylation sites (N-methyl/N-ethyl adjacent to an activating group) is 1. The van der Waals surface area contributed by atoms with Crippen molar-refractivity contribution in [1.82, 2.24) is 15.1 Å². The number of nitrogens with one attached hydrogen (secondary N) is 1. The Bertz CT molecular complexity index is 318. The molecule has 5 nitrogen and oxygen atoms in total. The van der Waals surface area contributed by atoms with Gasteiger partial charge in [0.1, 0.15) is 5.54 Å². The van der Waals surface area contributed by atoms with Crippen molar-refractivity contribution in [3.63, 3.8) is 0 Å². The van der Waals surface area contributed by atoms with E-state index in [0.29, 0.717) is 12.6 Å². The number of aliphatic carboxylic acids is 1. The number of carbonyl (C=O) groups is 1. The first-order valence-corrected chi connectivity index (χ1v) is 7.44. The van der Waals surface area contributed by atoms with E-state index in [1.165, 1.54) is 38.8 Å². The molecular weight excluding hydrogens is 242 g/mol. The first kappa shape index (κ1) is 14.8. The van der Waals surface area contributed by atoms with Crippen LogP contribution in [0.25, 0.3) is 0 Å². The zero-order valence-corrected chi connectivity index (χ0v) is 12.2. The molecule has 2 heterocycles. The molecule has 2 aliphatic rings. The van der Waals surface area contributed by atoms with Crippen LogP contribution in [0.5, 0.6) is 0 Å². The van der Waals surface area contributed by atoms with Crippen LogP contribution in [-0.4, -0.2) is 72.2 Å². The highest BCUT2D eigenvalue weighted by molar-refractivity contribution is 5.78. The van der Waals surface area contributed by atoms with E-state index in [-0.39, 0.29) is 0 Å². The van der Waals surface area contributed by atoms with E-state index in [0.717, 1.165) is 13.1 Å². The normalized spacial score (nSPS) is 29.3. The number of likely N-dealkylation sites (tertiary alicyclic amines) is 2. The Morgan fingerprint density at radius 2 is 2.00 bits per heavy atom. The molecule has 0 aromatic carbocycles. The third-order valence-electron chi connectivity index (χ3n) is 4.72. The first-order chi connectivity index (χ1) is 9.05. The standard InChI is InChI=1S/C14H27N3O2/c1-14(15-2,13(18)19)11-16-9-6-12(10-16)17-7-4-3-5-8-17/h12,15H,3-11H2,1-2H3,(H,18,19). The predicted octanol–water partition coefficient (Wildman–Crippen LogP) is 0.609. The zero-order chi connectivity index (χ0) is 13.9. The lowest BCUT2D eigenvalue weighted by atomic mass is 10.0. The van der Waals surface area contributed by atoms with E-state index in [9.17, 15) is 9.90 Å². The Morgan fingerprint density at radius 3 is 2.58 bits per heavy atom. The van der Waals surface area contributed by atoms with Gasteiger partial charge >= 0.3 is 5.97 Å². The molecule has 0 radical (unpaired) electrons. The molecule has 0 amide bonds. The van der Waals surface area contributed by atoms with Crippen molar-refractivity contribution in [2.45, 2.75) is 44.2 Å². The summed E-state index contributed by atoms with van der Waals surface area (Å²) in [6.07, 6.45) is 5.18. The van der Waals surface area contributed by atoms with E-state index in [1.807, 2.05) is 0 Å². The fourth-order valence-electron chi connectivity index (χ4n) is 3.24. The Labute approximate surface area is 115 Å². The van der Waals surface area contributed by atoms with Crippen molar-refractivity contribution >= 4 is 5.97 Å². The van der Waals surface area contributed by atoms with Gasteiger partial charge in [-0.1, -0.05) is 6.42 Å². The van der Waals surface area contributed by atoms with Gasteiger partial charge in [0.15, 0.2) is 0 Å². The minimum absolute atomic E-state index is 0.586. The van der Waals surface area contributed by atoms with Crippen LogP contribution in [0.1, 0.15) is 32.6 Å². The number of nitrogens with zero attached hydrogens (tertiary/aromatic N) is 2. The van der Waals surface area contributed by atoms with Crippen molar-refractivity contribution < 1.29 is 9.90 Å². The highest BCUT2D eigenvalue weighted by Gasteiger charge is 2.37. The molecule has 2 atom stereocenters. The Morgan fingerprint density at radius 1 is 1.32 bits per heavy atom. The van der Waals surface area contributed by atoms with E-state index < -0.39 is 11.5 Å². The SMILES string of the molecule is CNC(C)(CN1CCC(N2CCCCC2)C1)C(=O)O. The third kappa shape index (κ3) is 3.46. The van der Waals surface area contributed by atoms with Gasteiger partial charge in [0, 0.05) is 19.1 Å². The van der Waals surface area contributed by atoms with Gasteiger partial charge in [0.25, 0.3) is 0 Å². The Balaban J connectivity index is 1.86. The van der Waals surface area contributed by atoms with Crippen molar-refractivity contribution in [3.8, 4) is 0 Å². The molecule has 0 saturated carbocycles. The molecule has 2 fully saturated rings. The zero-order valence-electron chi connectivity index (χ0n) is 12.2. The minimum atomic E-state index is -0.837. The maximum Gasteiger partial charge on any atom is 0.324 e. The fraction of sp³-hybridized carbons (Fsp3) is 0.929. The van der Waals surface area contributed by atoms with Crippen LogP contribution in [0, 0.1) is 0 Å².